The van der Waals surface area contributed by atoms with Crippen molar-refractivity contribution in [2.24, 2.45) is 0 Å². The molecule has 0 saturated carbocycles. The average molecular weight is 478 g/mol. The van der Waals surface area contributed by atoms with E-state index in [1.807, 2.05) is 42.5 Å². The first kappa shape index (κ1) is 24.4. The van der Waals surface area contributed by atoms with Crippen LogP contribution >= 0.6 is 12.2 Å². The molecule has 0 aliphatic rings. The third-order valence-electron chi connectivity index (χ3n) is 4.53. The third kappa shape index (κ3) is 7.14. The normalized spacial score (nSPS) is 10.5. The van der Waals surface area contributed by atoms with E-state index in [0.717, 1.165) is 16.3 Å². The van der Waals surface area contributed by atoms with Crippen molar-refractivity contribution in [3.8, 4) is 5.75 Å². The zero-order chi connectivity index (χ0) is 24.3. The average Bonchev–Trinajstić information content (AvgIpc) is 2.85. The van der Waals surface area contributed by atoms with Crippen LogP contribution in [0.1, 0.15) is 22.8 Å². The molecule has 8 nitrogen and oxygen atoms in total. The molecule has 3 N–H and O–H groups in total. The van der Waals surface area contributed by atoms with Gasteiger partial charge >= 0.3 is 5.97 Å². The van der Waals surface area contributed by atoms with Crippen molar-refractivity contribution in [2.45, 2.75) is 6.92 Å². The predicted octanol–water partition coefficient (Wildman–Crippen LogP) is 3.13. The van der Waals surface area contributed by atoms with Gasteiger partial charge in [0.2, 0.25) is 5.91 Å². The largest absolute Gasteiger partial charge is 0.484 e. The molecule has 0 heterocycles. The van der Waals surface area contributed by atoms with Crippen LogP contribution in [-0.4, -0.2) is 36.1 Å². The number of carbonyl (C=O) groups excluding carboxylic acids is 3. The van der Waals surface area contributed by atoms with E-state index >= 15 is 0 Å². The van der Waals surface area contributed by atoms with E-state index in [1.165, 1.54) is 6.08 Å². The van der Waals surface area contributed by atoms with Gasteiger partial charge in [-0.05, 0) is 65.8 Å². The molecule has 3 rings (SSSR count). The monoisotopic (exact) mass is 477 g/mol. The van der Waals surface area contributed by atoms with Crippen LogP contribution in [0.5, 0.6) is 5.75 Å². The SMILES string of the molecule is CCOC(=O)c1ccc(OCC(=O)NNC(=S)NC(=O)C=Cc2cccc3ccccc23)cc1. The van der Waals surface area contributed by atoms with Crippen molar-refractivity contribution in [3.63, 3.8) is 0 Å². The van der Waals surface area contributed by atoms with E-state index in [-0.39, 0.29) is 18.3 Å². The highest BCUT2D eigenvalue weighted by molar-refractivity contribution is 7.80. The molecule has 0 aromatic heterocycles. The van der Waals surface area contributed by atoms with Crippen molar-refractivity contribution in [1.29, 1.82) is 0 Å². The number of ether oxygens (including phenoxy) is 2. The van der Waals surface area contributed by atoms with Crippen LogP contribution in [0.3, 0.4) is 0 Å². The molecule has 3 aromatic carbocycles. The van der Waals surface area contributed by atoms with E-state index in [2.05, 4.69) is 16.2 Å². The Labute approximate surface area is 201 Å². The number of hydrogen-bond donors (Lipinski definition) is 3. The highest BCUT2D eigenvalue weighted by Gasteiger charge is 2.08. The number of nitrogens with one attached hydrogen (secondary N) is 3. The Bertz CT molecular complexity index is 1220. The summed E-state index contributed by atoms with van der Waals surface area (Å²) >= 11 is 5.02. The number of hydrazine groups is 1. The summed E-state index contributed by atoms with van der Waals surface area (Å²) in [6, 6.07) is 19.9. The highest BCUT2D eigenvalue weighted by Crippen LogP contribution is 2.19. The van der Waals surface area contributed by atoms with Crippen LogP contribution < -0.4 is 20.9 Å². The number of benzene rings is 3. The maximum atomic E-state index is 12.1. The lowest BCUT2D eigenvalue weighted by molar-refractivity contribution is -0.123. The summed E-state index contributed by atoms with van der Waals surface area (Å²) in [7, 11) is 0. The quantitative estimate of drug-likeness (QED) is 0.208. The summed E-state index contributed by atoms with van der Waals surface area (Å²) in [5.74, 6) is -0.994. The molecule has 0 atom stereocenters. The maximum Gasteiger partial charge on any atom is 0.338 e. The second-order valence-corrected chi connectivity index (χ2v) is 7.34. The van der Waals surface area contributed by atoms with Crippen LogP contribution in [0.25, 0.3) is 16.8 Å². The van der Waals surface area contributed by atoms with Crippen molar-refractivity contribution in [2.75, 3.05) is 13.2 Å². The molecule has 0 bridgehead atoms. The highest BCUT2D eigenvalue weighted by atomic mass is 32.1. The van der Waals surface area contributed by atoms with Crippen molar-refractivity contribution >= 4 is 52.0 Å². The number of amides is 2. The lowest BCUT2D eigenvalue weighted by atomic mass is 10.0. The number of fused-ring (bicyclic) bond motifs is 1. The number of rotatable bonds is 7. The van der Waals surface area contributed by atoms with Gasteiger partial charge in [0.15, 0.2) is 11.7 Å². The fourth-order valence-electron chi connectivity index (χ4n) is 2.96. The molecule has 2 amide bonds. The Hall–Kier alpha value is -4.24. The minimum atomic E-state index is -0.516. The van der Waals surface area contributed by atoms with E-state index in [9.17, 15) is 14.4 Å². The second kappa shape index (κ2) is 12.1. The van der Waals surface area contributed by atoms with Gasteiger partial charge in [-0.15, -0.1) is 0 Å². The van der Waals surface area contributed by atoms with Gasteiger partial charge in [0.1, 0.15) is 5.75 Å². The molecule has 174 valence electrons. The molecule has 0 fully saturated rings. The molecule has 0 unspecified atom stereocenters. The summed E-state index contributed by atoms with van der Waals surface area (Å²) < 4.78 is 10.3. The Balaban J connectivity index is 1.41. The summed E-state index contributed by atoms with van der Waals surface area (Å²) in [5, 5.41) is 4.48. The van der Waals surface area contributed by atoms with Crippen molar-refractivity contribution in [3.05, 3.63) is 83.9 Å². The summed E-state index contributed by atoms with van der Waals surface area (Å²) in [5.41, 5.74) is 6.06. The first-order valence-electron chi connectivity index (χ1n) is 10.4. The topological polar surface area (TPSA) is 106 Å². The van der Waals surface area contributed by atoms with Crippen LogP contribution in [0.2, 0.25) is 0 Å². The van der Waals surface area contributed by atoms with E-state index in [4.69, 9.17) is 21.7 Å². The van der Waals surface area contributed by atoms with E-state index < -0.39 is 17.8 Å². The molecule has 9 heteroatoms. The summed E-state index contributed by atoms with van der Waals surface area (Å²) in [6.45, 7) is 1.71. The Morgan fingerprint density at radius 2 is 1.68 bits per heavy atom. The number of hydrogen-bond acceptors (Lipinski definition) is 6. The zero-order valence-corrected chi connectivity index (χ0v) is 19.2. The van der Waals surface area contributed by atoms with Gasteiger partial charge in [0, 0.05) is 6.08 Å². The molecule has 0 aliphatic carbocycles. The fraction of sp³-hybridized carbons (Fsp3) is 0.120. The van der Waals surface area contributed by atoms with Gasteiger partial charge < -0.3 is 9.47 Å². The van der Waals surface area contributed by atoms with Gasteiger partial charge in [-0.1, -0.05) is 42.5 Å². The molecule has 0 aliphatic heterocycles. The number of esters is 1. The Morgan fingerprint density at radius 3 is 2.44 bits per heavy atom. The number of thiocarbonyl (C=S) groups is 1. The molecule has 0 radical (unpaired) electrons. The molecule has 34 heavy (non-hydrogen) atoms. The van der Waals surface area contributed by atoms with Crippen LogP contribution in [0.15, 0.2) is 72.8 Å². The fourth-order valence-corrected chi connectivity index (χ4v) is 3.11. The van der Waals surface area contributed by atoms with Gasteiger partial charge in [-0.3, -0.25) is 25.8 Å². The van der Waals surface area contributed by atoms with Crippen LogP contribution in [-0.2, 0) is 14.3 Å². The van der Waals surface area contributed by atoms with Crippen LogP contribution in [0, 0.1) is 0 Å². The number of carbonyl (C=O) groups is 3. The minimum Gasteiger partial charge on any atom is -0.484 e. The molecular formula is C25H23N3O5S. The minimum absolute atomic E-state index is 0.0697. The second-order valence-electron chi connectivity index (χ2n) is 6.93. The van der Waals surface area contributed by atoms with Gasteiger partial charge in [0.25, 0.3) is 5.91 Å². The lowest BCUT2D eigenvalue weighted by Gasteiger charge is -2.11. The van der Waals surface area contributed by atoms with Crippen molar-refractivity contribution in [1.82, 2.24) is 16.2 Å². The zero-order valence-electron chi connectivity index (χ0n) is 18.4. The lowest BCUT2D eigenvalue weighted by Crippen LogP contribution is -2.49. The van der Waals surface area contributed by atoms with Gasteiger partial charge in [0.05, 0.1) is 12.2 Å². The standard InChI is InChI=1S/C25H23N3O5S/c1-2-32-24(31)19-10-13-20(14-11-19)33-16-23(30)27-28-25(34)26-22(29)15-12-18-8-5-7-17-6-3-4-9-21(17)18/h3-15H,2,16H2,1H3,(H,27,30)(H2,26,28,29,34). The third-order valence-corrected chi connectivity index (χ3v) is 4.73. The Kier molecular flexibility index (Phi) is 8.70. The van der Waals surface area contributed by atoms with Crippen molar-refractivity contribution < 1.29 is 23.9 Å². The Morgan fingerprint density at radius 1 is 0.941 bits per heavy atom. The first-order chi connectivity index (χ1) is 16.5. The van der Waals surface area contributed by atoms with E-state index in [0.29, 0.717) is 11.3 Å². The smallest absolute Gasteiger partial charge is 0.338 e. The molecule has 3 aromatic rings. The predicted molar refractivity (Wildman–Crippen MR) is 133 cm³/mol. The first-order valence-corrected chi connectivity index (χ1v) is 10.8. The van der Waals surface area contributed by atoms with Gasteiger partial charge in [-0.25, -0.2) is 4.79 Å². The van der Waals surface area contributed by atoms with Gasteiger partial charge in [-0.2, -0.15) is 0 Å². The molecule has 0 spiro atoms. The molecular weight excluding hydrogens is 454 g/mol. The summed E-state index contributed by atoms with van der Waals surface area (Å²) in [4.78, 5) is 35.7. The van der Waals surface area contributed by atoms with E-state index in [1.54, 1.807) is 37.3 Å². The maximum absolute atomic E-state index is 12.1. The summed E-state index contributed by atoms with van der Waals surface area (Å²) in [6.07, 6.45) is 3.06. The van der Waals surface area contributed by atoms with Crippen LogP contribution in [0.4, 0.5) is 0 Å². The molecule has 0 saturated heterocycles.